The number of hydrogen-bond acceptors (Lipinski definition) is 2. The largest absolute Gasteiger partial charge is 0.338 e. The molecule has 0 radical (unpaired) electrons. The highest BCUT2D eigenvalue weighted by Gasteiger charge is 2.33. The summed E-state index contributed by atoms with van der Waals surface area (Å²) in [6.45, 7) is 2.92. The van der Waals surface area contributed by atoms with Gasteiger partial charge in [-0.05, 0) is 25.3 Å². The summed E-state index contributed by atoms with van der Waals surface area (Å²) in [5.41, 5.74) is 0. The fourth-order valence-corrected chi connectivity index (χ4v) is 2.74. The minimum atomic E-state index is 0.300. The summed E-state index contributed by atoms with van der Waals surface area (Å²) in [6, 6.07) is 0.410. The Morgan fingerprint density at radius 3 is 3.07 bits per heavy atom. The summed E-state index contributed by atoms with van der Waals surface area (Å²) in [5.74, 6) is 1.29. The number of nitrogens with one attached hydrogen (secondary N) is 1. The van der Waals surface area contributed by atoms with Crippen LogP contribution in [0, 0.1) is 5.92 Å². The van der Waals surface area contributed by atoms with Crippen molar-refractivity contribution in [3.63, 3.8) is 0 Å². The molecule has 2 aliphatic heterocycles. The fourth-order valence-electron chi connectivity index (χ4n) is 2.53. The van der Waals surface area contributed by atoms with Crippen molar-refractivity contribution in [2.45, 2.75) is 31.7 Å². The van der Waals surface area contributed by atoms with Crippen molar-refractivity contribution in [1.29, 1.82) is 0 Å². The maximum atomic E-state index is 11.8. The van der Waals surface area contributed by atoms with Gasteiger partial charge in [0.15, 0.2) is 0 Å². The number of hydrogen-bond donors (Lipinski definition) is 1. The molecular formula is C11H19ClN2O. The van der Waals surface area contributed by atoms with Crippen LogP contribution >= 0.6 is 11.6 Å². The van der Waals surface area contributed by atoms with Crippen molar-refractivity contribution >= 4 is 17.5 Å². The van der Waals surface area contributed by atoms with Gasteiger partial charge in [0, 0.05) is 31.4 Å². The molecular weight excluding hydrogens is 212 g/mol. The molecule has 2 atom stereocenters. The SMILES string of the molecule is O=C1CC(CCl)CN1C1CCCCNC1. The summed E-state index contributed by atoms with van der Waals surface area (Å²) in [5, 5.41) is 3.40. The Morgan fingerprint density at radius 2 is 2.33 bits per heavy atom. The van der Waals surface area contributed by atoms with Crippen LogP contribution in [0.1, 0.15) is 25.7 Å². The van der Waals surface area contributed by atoms with E-state index in [1.807, 2.05) is 4.90 Å². The zero-order chi connectivity index (χ0) is 10.7. The lowest BCUT2D eigenvalue weighted by Crippen LogP contribution is -2.42. The van der Waals surface area contributed by atoms with Gasteiger partial charge in [0.25, 0.3) is 0 Å². The number of amides is 1. The van der Waals surface area contributed by atoms with Crippen molar-refractivity contribution in [3.8, 4) is 0 Å². The van der Waals surface area contributed by atoms with Gasteiger partial charge in [-0.1, -0.05) is 6.42 Å². The normalized spacial score (nSPS) is 33.1. The molecule has 0 bridgehead atoms. The minimum Gasteiger partial charge on any atom is -0.338 e. The number of alkyl halides is 1. The maximum absolute atomic E-state index is 11.8. The lowest BCUT2D eigenvalue weighted by molar-refractivity contribution is -0.129. The summed E-state index contributed by atoms with van der Waals surface area (Å²) in [7, 11) is 0. The van der Waals surface area contributed by atoms with Crippen LogP contribution in [0.3, 0.4) is 0 Å². The molecule has 0 spiro atoms. The van der Waals surface area contributed by atoms with Gasteiger partial charge in [0.1, 0.15) is 0 Å². The standard InChI is InChI=1S/C11H19ClN2O/c12-6-9-5-11(15)14(8-9)10-3-1-2-4-13-7-10/h9-10,13H,1-8H2. The second-order valence-electron chi connectivity index (χ2n) is 4.62. The van der Waals surface area contributed by atoms with Gasteiger partial charge in [-0.3, -0.25) is 4.79 Å². The third kappa shape index (κ3) is 2.64. The van der Waals surface area contributed by atoms with Gasteiger partial charge >= 0.3 is 0 Å². The Balaban J connectivity index is 1.94. The van der Waals surface area contributed by atoms with Crippen LogP contribution < -0.4 is 5.32 Å². The number of halogens is 1. The molecule has 86 valence electrons. The molecule has 2 fully saturated rings. The minimum absolute atomic E-state index is 0.300. The van der Waals surface area contributed by atoms with E-state index in [0.29, 0.717) is 30.2 Å². The van der Waals surface area contributed by atoms with E-state index < -0.39 is 0 Å². The van der Waals surface area contributed by atoms with Crippen molar-refractivity contribution in [2.24, 2.45) is 5.92 Å². The Hall–Kier alpha value is -0.280. The first kappa shape index (κ1) is 11.2. The van der Waals surface area contributed by atoms with E-state index >= 15 is 0 Å². The summed E-state index contributed by atoms with van der Waals surface area (Å²) in [6.07, 6.45) is 4.26. The quantitative estimate of drug-likeness (QED) is 0.724. The predicted octanol–water partition coefficient (Wildman–Crippen LogP) is 1.22. The van der Waals surface area contributed by atoms with Gasteiger partial charge < -0.3 is 10.2 Å². The highest BCUT2D eigenvalue weighted by Crippen LogP contribution is 2.23. The molecule has 0 saturated carbocycles. The number of nitrogens with zero attached hydrogens (tertiary/aromatic N) is 1. The van der Waals surface area contributed by atoms with Crippen molar-refractivity contribution in [1.82, 2.24) is 10.2 Å². The van der Waals surface area contributed by atoms with Crippen LogP contribution in [-0.2, 0) is 4.79 Å². The van der Waals surface area contributed by atoms with Crippen molar-refractivity contribution in [2.75, 3.05) is 25.5 Å². The first-order chi connectivity index (χ1) is 7.31. The highest BCUT2D eigenvalue weighted by atomic mass is 35.5. The average Bonchev–Trinajstić information content (AvgIpc) is 2.48. The van der Waals surface area contributed by atoms with Gasteiger partial charge in [-0.2, -0.15) is 0 Å². The maximum Gasteiger partial charge on any atom is 0.223 e. The molecule has 2 saturated heterocycles. The second kappa shape index (κ2) is 5.17. The fraction of sp³-hybridized carbons (Fsp3) is 0.909. The summed E-state index contributed by atoms with van der Waals surface area (Å²) in [4.78, 5) is 13.8. The molecule has 1 N–H and O–H groups in total. The van der Waals surface area contributed by atoms with E-state index in [1.54, 1.807) is 0 Å². The van der Waals surface area contributed by atoms with Crippen LogP contribution in [0.4, 0.5) is 0 Å². The number of rotatable bonds is 2. The van der Waals surface area contributed by atoms with Gasteiger partial charge in [-0.25, -0.2) is 0 Å². The molecule has 4 heteroatoms. The predicted molar refractivity (Wildman–Crippen MR) is 61.0 cm³/mol. The molecule has 0 aromatic rings. The summed E-state index contributed by atoms with van der Waals surface area (Å²) >= 11 is 5.82. The number of likely N-dealkylation sites (tertiary alicyclic amines) is 1. The average molecular weight is 231 g/mol. The van der Waals surface area contributed by atoms with Gasteiger partial charge in [-0.15, -0.1) is 11.6 Å². The molecule has 15 heavy (non-hydrogen) atoms. The van der Waals surface area contributed by atoms with Gasteiger partial charge in [0.2, 0.25) is 5.91 Å². The molecule has 3 nitrogen and oxygen atoms in total. The Labute approximate surface area is 96.2 Å². The molecule has 2 unspecified atom stereocenters. The monoisotopic (exact) mass is 230 g/mol. The molecule has 2 heterocycles. The summed E-state index contributed by atoms with van der Waals surface area (Å²) < 4.78 is 0. The topological polar surface area (TPSA) is 32.3 Å². The number of carbonyl (C=O) groups is 1. The molecule has 0 aliphatic carbocycles. The van der Waals surface area contributed by atoms with E-state index in [2.05, 4.69) is 5.32 Å². The third-order valence-electron chi connectivity index (χ3n) is 3.42. The van der Waals surface area contributed by atoms with Gasteiger partial charge in [0.05, 0.1) is 0 Å². The molecule has 0 aromatic heterocycles. The molecule has 1 amide bonds. The lowest BCUT2D eigenvalue weighted by Gasteiger charge is -2.27. The van der Waals surface area contributed by atoms with Crippen LogP contribution in [0.15, 0.2) is 0 Å². The Bertz CT molecular complexity index is 227. The first-order valence-electron chi connectivity index (χ1n) is 5.87. The van der Waals surface area contributed by atoms with E-state index in [4.69, 9.17) is 11.6 Å². The van der Waals surface area contributed by atoms with Crippen LogP contribution in [0.2, 0.25) is 0 Å². The van der Waals surface area contributed by atoms with E-state index in [0.717, 1.165) is 26.1 Å². The van der Waals surface area contributed by atoms with Crippen molar-refractivity contribution in [3.05, 3.63) is 0 Å². The Morgan fingerprint density at radius 1 is 1.47 bits per heavy atom. The first-order valence-corrected chi connectivity index (χ1v) is 6.41. The molecule has 0 aromatic carbocycles. The van der Waals surface area contributed by atoms with E-state index in [1.165, 1.54) is 12.8 Å². The zero-order valence-electron chi connectivity index (χ0n) is 9.04. The zero-order valence-corrected chi connectivity index (χ0v) is 9.80. The molecule has 2 rings (SSSR count). The number of carbonyl (C=O) groups excluding carboxylic acids is 1. The Kier molecular flexibility index (Phi) is 3.87. The second-order valence-corrected chi connectivity index (χ2v) is 4.93. The highest BCUT2D eigenvalue weighted by molar-refractivity contribution is 6.18. The van der Waals surface area contributed by atoms with E-state index in [9.17, 15) is 4.79 Å². The van der Waals surface area contributed by atoms with E-state index in [-0.39, 0.29) is 0 Å². The van der Waals surface area contributed by atoms with Crippen molar-refractivity contribution < 1.29 is 4.79 Å². The lowest BCUT2D eigenvalue weighted by atomic mass is 10.1. The van der Waals surface area contributed by atoms with Crippen LogP contribution in [0.25, 0.3) is 0 Å². The van der Waals surface area contributed by atoms with Crippen LogP contribution in [-0.4, -0.2) is 42.4 Å². The molecule has 2 aliphatic rings. The third-order valence-corrected chi connectivity index (χ3v) is 3.85. The van der Waals surface area contributed by atoms with Crippen LogP contribution in [0.5, 0.6) is 0 Å². The smallest absolute Gasteiger partial charge is 0.223 e.